The summed E-state index contributed by atoms with van der Waals surface area (Å²) >= 11 is 0. The maximum atomic E-state index is 12.2. The largest absolute Gasteiger partial charge is 0.354 e. The lowest BCUT2D eigenvalue weighted by atomic mass is 10.0. The minimum absolute atomic E-state index is 0.00491. The molecule has 6 nitrogen and oxygen atoms in total. The summed E-state index contributed by atoms with van der Waals surface area (Å²) in [5, 5.41) is 5.84. The maximum absolute atomic E-state index is 12.2. The summed E-state index contributed by atoms with van der Waals surface area (Å²) < 4.78 is 0. The lowest BCUT2D eigenvalue weighted by Gasteiger charge is -2.23. The van der Waals surface area contributed by atoms with Crippen LogP contribution in [-0.4, -0.2) is 67.0 Å². The van der Waals surface area contributed by atoms with Crippen LogP contribution in [0.1, 0.15) is 38.5 Å². The fourth-order valence-electron chi connectivity index (χ4n) is 4.05. The molecule has 2 aliphatic heterocycles. The molecule has 1 saturated heterocycles. The second kappa shape index (κ2) is 8.51. The molecule has 1 saturated carbocycles. The first kappa shape index (κ1) is 17.3. The molecular formula is C18H30N4O2. The Kier molecular flexibility index (Phi) is 6.12. The van der Waals surface area contributed by atoms with E-state index in [0.717, 1.165) is 32.6 Å². The molecule has 0 aromatic rings. The summed E-state index contributed by atoms with van der Waals surface area (Å²) in [5.41, 5.74) is 0. The van der Waals surface area contributed by atoms with Gasteiger partial charge in [0.25, 0.3) is 0 Å². The number of carbonyl (C=O) groups is 2. The van der Waals surface area contributed by atoms with Crippen molar-refractivity contribution in [2.24, 2.45) is 5.92 Å². The summed E-state index contributed by atoms with van der Waals surface area (Å²) in [5.74, 6) is 0.695. The zero-order valence-electron chi connectivity index (χ0n) is 14.5. The Morgan fingerprint density at radius 1 is 1.00 bits per heavy atom. The quantitative estimate of drug-likeness (QED) is 0.569. The van der Waals surface area contributed by atoms with Crippen LogP contribution >= 0.6 is 0 Å². The van der Waals surface area contributed by atoms with E-state index in [4.69, 9.17) is 0 Å². The molecule has 134 valence electrons. The van der Waals surface area contributed by atoms with Gasteiger partial charge in [-0.25, -0.2) is 4.79 Å². The van der Waals surface area contributed by atoms with Crippen LogP contribution in [0.15, 0.2) is 12.2 Å². The summed E-state index contributed by atoms with van der Waals surface area (Å²) in [4.78, 5) is 28.3. The van der Waals surface area contributed by atoms with Gasteiger partial charge in [-0.05, 0) is 25.2 Å². The molecule has 1 atom stereocenters. The average molecular weight is 334 g/mol. The van der Waals surface area contributed by atoms with Gasteiger partial charge in [-0.15, -0.1) is 0 Å². The Labute approximate surface area is 144 Å². The van der Waals surface area contributed by atoms with E-state index >= 15 is 0 Å². The smallest absolute Gasteiger partial charge is 0.317 e. The van der Waals surface area contributed by atoms with Crippen molar-refractivity contribution in [3.8, 4) is 0 Å². The Bertz CT molecular complexity index is 466. The first-order valence-electron chi connectivity index (χ1n) is 9.41. The van der Waals surface area contributed by atoms with Gasteiger partial charge in [0.2, 0.25) is 5.91 Å². The van der Waals surface area contributed by atoms with Crippen LogP contribution in [-0.2, 0) is 4.79 Å². The highest BCUT2D eigenvalue weighted by atomic mass is 16.2. The van der Waals surface area contributed by atoms with Crippen LogP contribution in [0.25, 0.3) is 0 Å². The summed E-state index contributed by atoms with van der Waals surface area (Å²) in [6, 6.07) is 0.478. The molecule has 24 heavy (non-hydrogen) atoms. The molecule has 6 heteroatoms. The maximum Gasteiger partial charge on any atom is 0.317 e. The molecule has 0 unspecified atom stereocenters. The van der Waals surface area contributed by atoms with Crippen molar-refractivity contribution in [3.05, 3.63) is 12.2 Å². The number of hydrogen-bond donors (Lipinski definition) is 2. The number of rotatable bonds is 6. The number of hydrogen-bond acceptors (Lipinski definition) is 3. The number of likely N-dealkylation sites (tertiary alicyclic amines) is 1. The zero-order valence-corrected chi connectivity index (χ0v) is 14.5. The van der Waals surface area contributed by atoms with Crippen molar-refractivity contribution in [1.29, 1.82) is 0 Å². The van der Waals surface area contributed by atoms with Gasteiger partial charge in [0, 0.05) is 51.7 Å². The molecular weight excluding hydrogens is 304 g/mol. The standard InChI is InChI=1S/C18H30N4O2/c23-17(13-15-5-1-2-6-15)19-8-9-20-18(24)22-12-7-16(14-22)21-10-3-4-11-21/h3-4,15-16H,1-2,5-14H2,(H,19,23)(H,20,24)/t16-/m1/s1. The minimum atomic E-state index is -0.00491. The fraction of sp³-hybridized carbons (Fsp3) is 0.778. The molecule has 0 spiro atoms. The van der Waals surface area contributed by atoms with Gasteiger partial charge >= 0.3 is 6.03 Å². The Morgan fingerprint density at radius 3 is 2.46 bits per heavy atom. The number of amides is 3. The molecule has 3 rings (SSSR count). The molecule has 0 radical (unpaired) electrons. The van der Waals surface area contributed by atoms with Crippen molar-refractivity contribution < 1.29 is 9.59 Å². The second-order valence-electron chi connectivity index (χ2n) is 7.25. The molecule has 3 amide bonds. The van der Waals surface area contributed by atoms with E-state index in [9.17, 15) is 9.59 Å². The van der Waals surface area contributed by atoms with Gasteiger partial charge in [-0.3, -0.25) is 9.69 Å². The third kappa shape index (κ3) is 4.72. The Morgan fingerprint density at radius 2 is 1.71 bits per heavy atom. The summed E-state index contributed by atoms with van der Waals surface area (Å²) in [6.07, 6.45) is 11.0. The highest BCUT2D eigenvalue weighted by Gasteiger charge is 2.30. The highest BCUT2D eigenvalue weighted by Crippen LogP contribution is 2.27. The molecule has 2 N–H and O–H groups in total. The van der Waals surface area contributed by atoms with E-state index in [1.165, 1.54) is 25.7 Å². The van der Waals surface area contributed by atoms with Crippen LogP contribution in [0, 0.1) is 5.92 Å². The van der Waals surface area contributed by atoms with Gasteiger partial charge in [-0.1, -0.05) is 25.0 Å². The summed E-state index contributed by atoms with van der Waals surface area (Å²) in [7, 11) is 0. The van der Waals surface area contributed by atoms with Gasteiger partial charge in [0.1, 0.15) is 0 Å². The minimum Gasteiger partial charge on any atom is -0.354 e. The number of nitrogens with one attached hydrogen (secondary N) is 2. The van der Waals surface area contributed by atoms with Crippen molar-refractivity contribution in [2.75, 3.05) is 39.3 Å². The van der Waals surface area contributed by atoms with E-state index < -0.39 is 0 Å². The Balaban J connectivity index is 1.26. The summed E-state index contributed by atoms with van der Waals surface area (Å²) in [6.45, 7) is 4.66. The second-order valence-corrected chi connectivity index (χ2v) is 7.25. The molecule has 0 aromatic carbocycles. The van der Waals surface area contributed by atoms with E-state index in [2.05, 4.69) is 27.7 Å². The molecule has 0 bridgehead atoms. The van der Waals surface area contributed by atoms with Crippen molar-refractivity contribution in [3.63, 3.8) is 0 Å². The SMILES string of the molecule is O=C(CC1CCCC1)NCCNC(=O)N1CC[C@@H](N2CC=CC2)C1. The van der Waals surface area contributed by atoms with Gasteiger partial charge in [0.15, 0.2) is 0 Å². The predicted octanol–water partition coefficient (Wildman–Crippen LogP) is 1.34. The monoisotopic (exact) mass is 334 g/mol. The van der Waals surface area contributed by atoms with E-state index in [1.54, 1.807) is 0 Å². The topological polar surface area (TPSA) is 64.7 Å². The van der Waals surface area contributed by atoms with E-state index in [0.29, 0.717) is 31.5 Å². The lowest BCUT2D eigenvalue weighted by Crippen LogP contribution is -2.44. The van der Waals surface area contributed by atoms with Crippen molar-refractivity contribution in [1.82, 2.24) is 20.4 Å². The van der Waals surface area contributed by atoms with Crippen LogP contribution < -0.4 is 10.6 Å². The first-order chi connectivity index (χ1) is 11.7. The van der Waals surface area contributed by atoms with Crippen LogP contribution in [0.4, 0.5) is 4.79 Å². The molecule has 3 aliphatic rings. The van der Waals surface area contributed by atoms with Crippen LogP contribution in [0.2, 0.25) is 0 Å². The molecule has 2 heterocycles. The Hall–Kier alpha value is -1.56. The van der Waals surface area contributed by atoms with Gasteiger partial charge in [0.05, 0.1) is 0 Å². The van der Waals surface area contributed by atoms with Crippen LogP contribution in [0.5, 0.6) is 0 Å². The molecule has 0 aromatic heterocycles. The predicted molar refractivity (Wildman–Crippen MR) is 93.7 cm³/mol. The zero-order chi connectivity index (χ0) is 16.8. The third-order valence-electron chi connectivity index (χ3n) is 5.49. The number of carbonyl (C=O) groups excluding carboxylic acids is 2. The van der Waals surface area contributed by atoms with E-state index in [1.807, 2.05) is 4.90 Å². The van der Waals surface area contributed by atoms with Gasteiger partial charge < -0.3 is 15.5 Å². The van der Waals surface area contributed by atoms with Crippen molar-refractivity contribution in [2.45, 2.75) is 44.6 Å². The normalized spacial score (nSPS) is 24.7. The number of nitrogens with zero attached hydrogens (tertiary/aromatic N) is 2. The van der Waals surface area contributed by atoms with Crippen molar-refractivity contribution >= 4 is 11.9 Å². The lowest BCUT2D eigenvalue weighted by molar-refractivity contribution is -0.121. The highest BCUT2D eigenvalue weighted by molar-refractivity contribution is 5.76. The van der Waals surface area contributed by atoms with Crippen LogP contribution in [0.3, 0.4) is 0 Å². The first-order valence-corrected chi connectivity index (χ1v) is 9.41. The van der Waals surface area contributed by atoms with E-state index in [-0.39, 0.29) is 11.9 Å². The fourth-order valence-corrected chi connectivity index (χ4v) is 4.05. The molecule has 1 aliphatic carbocycles. The average Bonchev–Trinajstić information content (AvgIpc) is 3.32. The number of urea groups is 1. The molecule has 2 fully saturated rings. The van der Waals surface area contributed by atoms with Gasteiger partial charge in [-0.2, -0.15) is 0 Å². The third-order valence-corrected chi connectivity index (χ3v) is 5.49.